The maximum atomic E-state index is 14.7. The minimum absolute atomic E-state index is 0.0876. The van der Waals surface area contributed by atoms with E-state index < -0.39 is 5.82 Å². The Labute approximate surface area is 135 Å². The van der Waals surface area contributed by atoms with Gasteiger partial charge in [-0.2, -0.15) is 9.78 Å². The molecule has 0 amide bonds. The number of aromatic nitrogens is 2. The first kappa shape index (κ1) is 16.7. The predicted octanol–water partition coefficient (Wildman–Crippen LogP) is 4.28. The van der Waals surface area contributed by atoms with Crippen molar-refractivity contribution in [2.75, 3.05) is 11.9 Å². The number of halogens is 1. The number of anilines is 1. The summed E-state index contributed by atoms with van der Waals surface area (Å²) < 4.78 is 15.8. The summed E-state index contributed by atoms with van der Waals surface area (Å²) >= 11 is 0. The van der Waals surface area contributed by atoms with Crippen molar-refractivity contribution in [1.29, 1.82) is 0 Å². The van der Waals surface area contributed by atoms with Crippen LogP contribution in [0.25, 0.3) is 11.3 Å². The Balaban J connectivity index is 2.35. The molecule has 5 heteroatoms. The fourth-order valence-electron chi connectivity index (χ4n) is 2.10. The van der Waals surface area contributed by atoms with E-state index in [9.17, 15) is 9.18 Å². The molecule has 2 rings (SSSR count). The van der Waals surface area contributed by atoms with Crippen LogP contribution in [-0.4, -0.2) is 22.2 Å². The van der Waals surface area contributed by atoms with Gasteiger partial charge in [0, 0.05) is 19.0 Å². The van der Waals surface area contributed by atoms with Gasteiger partial charge < -0.3 is 5.32 Å². The molecule has 1 aromatic heterocycles. The van der Waals surface area contributed by atoms with Crippen LogP contribution in [0, 0.1) is 5.82 Å². The van der Waals surface area contributed by atoms with Crippen LogP contribution in [0.1, 0.15) is 25.6 Å². The van der Waals surface area contributed by atoms with Gasteiger partial charge in [0.2, 0.25) is 5.91 Å². The van der Waals surface area contributed by atoms with Crippen molar-refractivity contribution in [3.05, 3.63) is 60.0 Å². The van der Waals surface area contributed by atoms with Crippen molar-refractivity contribution in [3.8, 4) is 11.3 Å². The fourth-order valence-corrected chi connectivity index (χ4v) is 2.10. The zero-order valence-electron chi connectivity index (χ0n) is 13.5. The highest BCUT2D eigenvalue weighted by Gasteiger charge is 2.21. The minimum atomic E-state index is -0.523. The Morgan fingerprint density at radius 3 is 2.61 bits per heavy atom. The van der Waals surface area contributed by atoms with Gasteiger partial charge in [0.1, 0.15) is 5.69 Å². The summed E-state index contributed by atoms with van der Waals surface area (Å²) in [5.41, 5.74) is 1.81. The number of allylic oxidation sites excluding steroid dienone is 3. The summed E-state index contributed by atoms with van der Waals surface area (Å²) in [5.74, 6) is -0.779. The van der Waals surface area contributed by atoms with Gasteiger partial charge in [0.15, 0.2) is 11.6 Å². The Bertz CT molecular complexity index is 745. The van der Waals surface area contributed by atoms with Gasteiger partial charge in [0.05, 0.1) is 0 Å². The summed E-state index contributed by atoms with van der Waals surface area (Å²) in [6, 6.07) is 8.98. The molecule has 0 aliphatic rings. The number of carbonyl (C=O) groups excluding carboxylic acids is 1. The van der Waals surface area contributed by atoms with Crippen molar-refractivity contribution in [2.24, 2.45) is 0 Å². The summed E-state index contributed by atoms with van der Waals surface area (Å²) in [5, 5.41) is 7.08. The molecule has 0 atom stereocenters. The lowest BCUT2D eigenvalue weighted by molar-refractivity contribution is 0.0923. The third kappa shape index (κ3) is 3.94. The van der Waals surface area contributed by atoms with Crippen molar-refractivity contribution in [3.63, 3.8) is 0 Å². The van der Waals surface area contributed by atoms with Crippen molar-refractivity contribution in [1.82, 2.24) is 9.78 Å². The van der Waals surface area contributed by atoms with Crippen molar-refractivity contribution < 1.29 is 9.18 Å². The van der Waals surface area contributed by atoms with Gasteiger partial charge in [0.25, 0.3) is 0 Å². The van der Waals surface area contributed by atoms with Crippen LogP contribution in [0.4, 0.5) is 10.2 Å². The van der Waals surface area contributed by atoms with Crippen LogP contribution in [0.2, 0.25) is 0 Å². The second-order valence-corrected chi connectivity index (χ2v) is 5.20. The Kier molecular flexibility index (Phi) is 5.46. The minimum Gasteiger partial charge on any atom is -0.364 e. The molecule has 0 saturated carbocycles. The largest absolute Gasteiger partial charge is 0.364 e. The molecule has 0 aliphatic carbocycles. The van der Waals surface area contributed by atoms with E-state index in [1.54, 1.807) is 24.3 Å². The third-order valence-corrected chi connectivity index (χ3v) is 3.28. The number of nitrogens with zero attached hydrogens (tertiary/aromatic N) is 2. The zero-order chi connectivity index (χ0) is 16.8. The summed E-state index contributed by atoms with van der Waals surface area (Å²) in [6.45, 7) is 5.63. The van der Waals surface area contributed by atoms with E-state index in [4.69, 9.17) is 0 Å². The van der Waals surface area contributed by atoms with Crippen LogP contribution in [0.3, 0.4) is 0 Å². The smallest absolute Gasteiger partial charge is 0.245 e. The van der Waals surface area contributed by atoms with Gasteiger partial charge in [-0.3, -0.25) is 4.79 Å². The Morgan fingerprint density at radius 1 is 1.30 bits per heavy atom. The highest BCUT2D eigenvalue weighted by molar-refractivity contribution is 5.81. The molecule has 0 saturated heterocycles. The topological polar surface area (TPSA) is 46.9 Å². The lowest BCUT2D eigenvalue weighted by Crippen LogP contribution is -2.14. The van der Waals surface area contributed by atoms with E-state index in [-0.39, 0.29) is 17.4 Å². The summed E-state index contributed by atoms with van der Waals surface area (Å²) in [4.78, 5) is 11.7. The van der Waals surface area contributed by atoms with Crippen LogP contribution >= 0.6 is 0 Å². The first-order valence-electron chi connectivity index (χ1n) is 7.41. The highest BCUT2D eigenvalue weighted by atomic mass is 19.1. The van der Waals surface area contributed by atoms with Crippen LogP contribution in [0.5, 0.6) is 0 Å². The quantitative estimate of drug-likeness (QED) is 0.838. The molecule has 2 aromatic rings. The lowest BCUT2D eigenvalue weighted by Gasteiger charge is -2.07. The van der Waals surface area contributed by atoms with Gasteiger partial charge in [-0.25, -0.2) is 4.39 Å². The van der Waals surface area contributed by atoms with Crippen molar-refractivity contribution in [2.45, 2.75) is 20.8 Å². The normalized spacial score (nSPS) is 11.9. The number of hydrogen-bond donors (Lipinski definition) is 1. The molecule has 120 valence electrons. The standard InChI is InChI=1S/C18H20FN3O/c1-4-5-9-13(2)12-20-18-16(19)17(21-22(18)14(3)23)15-10-7-6-8-11-15/h4-11,20H,12H2,1-3H3. The SMILES string of the molecule is CC=CC=C(C)CNc1c(F)c(-c2ccccc2)nn1C(C)=O. The molecule has 0 spiro atoms. The maximum absolute atomic E-state index is 14.7. The van der Waals surface area contributed by atoms with E-state index in [2.05, 4.69) is 10.4 Å². The van der Waals surface area contributed by atoms with Gasteiger partial charge in [-0.15, -0.1) is 0 Å². The van der Waals surface area contributed by atoms with Gasteiger partial charge >= 0.3 is 0 Å². The monoisotopic (exact) mass is 313 g/mol. The molecule has 1 N–H and O–H groups in total. The number of carbonyl (C=O) groups is 1. The molecule has 0 aliphatic heterocycles. The molecule has 1 aromatic carbocycles. The lowest BCUT2D eigenvalue weighted by atomic mass is 10.1. The van der Waals surface area contributed by atoms with E-state index in [0.717, 1.165) is 10.3 Å². The summed E-state index contributed by atoms with van der Waals surface area (Å²) in [6.07, 6.45) is 5.75. The maximum Gasteiger partial charge on any atom is 0.245 e. The number of benzene rings is 1. The summed E-state index contributed by atoms with van der Waals surface area (Å²) in [7, 11) is 0. The fraction of sp³-hybridized carbons (Fsp3) is 0.222. The number of rotatable bonds is 5. The van der Waals surface area contributed by atoms with Gasteiger partial charge in [-0.05, 0) is 13.8 Å². The predicted molar refractivity (Wildman–Crippen MR) is 91.0 cm³/mol. The third-order valence-electron chi connectivity index (χ3n) is 3.28. The molecule has 23 heavy (non-hydrogen) atoms. The second-order valence-electron chi connectivity index (χ2n) is 5.20. The van der Waals surface area contributed by atoms with E-state index in [0.29, 0.717) is 12.1 Å². The molecule has 1 heterocycles. The van der Waals surface area contributed by atoms with Crippen molar-refractivity contribution >= 4 is 11.7 Å². The molecule has 4 nitrogen and oxygen atoms in total. The molecular formula is C18H20FN3O. The zero-order valence-corrected chi connectivity index (χ0v) is 13.5. The van der Waals surface area contributed by atoms with Crippen LogP contribution in [-0.2, 0) is 0 Å². The average molecular weight is 313 g/mol. The second kappa shape index (κ2) is 7.54. The molecular weight excluding hydrogens is 293 g/mol. The molecule has 0 bridgehead atoms. The van der Waals surface area contributed by atoms with E-state index in [1.807, 2.05) is 38.1 Å². The Hall–Kier alpha value is -2.69. The number of nitrogens with one attached hydrogen (secondary N) is 1. The molecule has 0 radical (unpaired) electrons. The first-order valence-corrected chi connectivity index (χ1v) is 7.41. The molecule has 0 unspecified atom stereocenters. The first-order chi connectivity index (χ1) is 11.0. The molecule has 0 fully saturated rings. The highest BCUT2D eigenvalue weighted by Crippen LogP contribution is 2.27. The van der Waals surface area contributed by atoms with E-state index >= 15 is 0 Å². The average Bonchev–Trinajstić information content (AvgIpc) is 2.88. The van der Waals surface area contributed by atoms with Crippen LogP contribution < -0.4 is 5.32 Å². The number of hydrogen-bond acceptors (Lipinski definition) is 3. The van der Waals surface area contributed by atoms with Gasteiger partial charge in [-0.1, -0.05) is 54.1 Å². The Morgan fingerprint density at radius 2 is 2.00 bits per heavy atom. The van der Waals surface area contributed by atoms with Crippen LogP contribution in [0.15, 0.2) is 54.1 Å². The van der Waals surface area contributed by atoms with E-state index in [1.165, 1.54) is 6.92 Å².